The van der Waals surface area contributed by atoms with Crippen LogP contribution in [0.4, 0.5) is 5.69 Å². The van der Waals surface area contributed by atoms with Gasteiger partial charge in [0.2, 0.25) is 0 Å². The van der Waals surface area contributed by atoms with E-state index in [1.807, 2.05) is 0 Å². The SMILES string of the molecule is O=C(NC(=S)Nc1ccc2cn[nH]c2c1C(=O)O)c1ccccc1. The zero-order valence-corrected chi connectivity index (χ0v) is 13.1. The van der Waals surface area contributed by atoms with Gasteiger partial charge in [0.05, 0.1) is 17.4 Å². The van der Waals surface area contributed by atoms with Crippen molar-refractivity contribution >= 4 is 45.8 Å². The molecule has 0 bridgehead atoms. The van der Waals surface area contributed by atoms with Crippen molar-refractivity contribution in [2.24, 2.45) is 0 Å². The summed E-state index contributed by atoms with van der Waals surface area (Å²) in [6.45, 7) is 0. The van der Waals surface area contributed by atoms with E-state index in [4.69, 9.17) is 12.2 Å². The number of carbonyl (C=O) groups excluding carboxylic acids is 1. The topological polar surface area (TPSA) is 107 Å². The number of aromatic carboxylic acids is 1. The Hall–Kier alpha value is -3.26. The van der Waals surface area contributed by atoms with E-state index in [9.17, 15) is 14.7 Å². The lowest BCUT2D eigenvalue weighted by Gasteiger charge is -2.12. The average molecular weight is 340 g/mol. The maximum atomic E-state index is 12.1. The highest BCUT2D eigenvalue weighted by atomic mass is 32.1. The second kappa shape index (κ2) is 6.47. The van der Waals surface area contributed by atoms with E-state index in [1.165, 1.54) is 6.20 Å². The molecule has 2 aromatic carbocycles. The maximum absolute atomic E-state index is 12.1. The lowest BCUT2D eigenvalue weighted by molar-refractivity contribution is 0.0699. The first-order chi connectivity index (χ1) is 11.6. The quantitative estimate of drug-likeness (QED) is 0.545. The lowest BCUT2D eigenvalue weighted by Crippen LogP contribution is -2.34. The first-order valence-corrected chi connectivity index (χ1v) is 7.34. The predicted molar refractivity (Wildman–Crippen MR) is 93.2 cm³/mol. The Morgan fingerprint density at radius 2 is 1.88 bits per heavy atom. The number of nitrogens with zero attached hydrogens (tertiary/aromatic N) is 1. The fourth-order valence-electron chi connectivity index (χ4n) is 2.26. The van der Waals surface area contributed by atoms with Crippen molar-refractivity contribution in [3.05, 3.63) is 59.8 Å². The molecule has 3 rings (SSSR count). The molecule has 4 N–H and O–H groups in total. The van der Waals surface area contributed by atoms with Gasteiger partial charge in [-0.3, -0.25) is 15.2 Å². The number of fused-ring (bicyclic) bond motifs is 1. The molecule has 0 atom stereocenters. The van der Waals surface area contributed by atoms with Crippen LogP contribution in [0.15, 0.2) is 48.7 Å². The van der Waals surface area contributed by atoms with Gasteiger partial charge in [-0.1, -0.05) is 18.2 Å². The number of hydrogen-bond donors (Lipinski definition) is 4. The number of carboxylic acids is 1. The largest absolute Gasteiger partial charge is 0.478 e. The van der Waals surface area contributed by atoms with E-state index < -0.39 is 5.97 Å². The molecule has 0 aliphatic heterocycles. The van der Waals surface area contributed by atoms with E-state index >= 15 is 0 Å². The summed E-state index contributed by atoms with van der Waals surface area (Å²) in [5.74, 6) is -1.52. The van der Waals surface area contributed by atoms with E-state index in [-0.39, 0.29) is 22.3 Å². The van der Waals surface area contributed by atoms with Crippen LogP contribution in [0.5, 0.6) is 0 Å². The highest BCUT2D eigenvalue weighted by molar-refractivity contribution is 7.80. The zero-order chi connectivity index (χ0) is 17.1. The number of thiocarbonyl (C=S) groups is 1. The number of benzene rings is 2. The van der Waals surface area contributed by atoms with Gasteiger partial charge >= 0.3 is 5.97 Å². The lowest BCUT2D eigenvalue weighted by atomic mass is 10.1. The van der Waals surface area contributed by atoms with Gasteiger partial charge in [0.15, 0.2) is 5.11 Å². The molecule has 0 fully saturated rings. The van der Waals surface area contributed by atoms with Crippen molar-refractivity contribution in [1.82, 2.24) is 15.5 Å². The third kappa shape index (κ3) is 3.08. The summed E-state index contributed by atoms with van der Waals surface area (Å²) in [6.07, 6.45) is 1.53. The summed E-state index contributed by atoms with van der Waals surface area (Å²) in [5.41, 5.74) is 1.09. The van der Waals surface area contributed by atoms with Gasteiger partial charge in [-0.15, -0.1) is 0 Å². The molecule has 1 aromatic heterocycles. The Balaban J connectivity index is 1.82. The summed E-state index contributed by atoms with van der Waals surface area (Å²) in [6, 6.07) is 11.8. The predicted octanol–water partition coefficient (Wildman–Crippen LogP) is 2.39. The molecular weight excluding hydrogens is 328 g/mol. The Labute approximate surface area is 141 Å². The molecule has 0 unspecified atom stereocenters. The minimum atomic E-state index is -1.13. The third-order valence-corrected chi connectivity index (χ3v) is 3.55. The first-order valence-electron chi connectivity index (χ1n) is 6.93. The number of carbonyl (C=O) groups is 2. The molecule has 0 radical (unpaired) electrons. The van der Waals surface area contributed by atoms with Gasteiger partial charge in [0.1, 0.15) is 5.56 Å². The van der Waals surface area contributed by atoms with Crippen LogP contribution in [0.25, 0.3) is 10.9 Å². The minimum absolute atomic E-state index is 0.00121. The van der Waals surface area contributed by atoms with Crippen LogP contribution in [0.3, 0.4) is 0 Å². The first kappa shape index (κ1) is 15.6. The number of hydrogen-bond acceptors (Lipinski definition) is 4. The number of anilines is 1. The van der Waals surface area contributed by atoms with Gasteiger partial charge < -0.3 is 10.4 Å². The summed E-state index contributed by atoms with van der Waals surface area (Å²) < 4.78 is 0. The number of aromatic amines is 1. The van der Waals surface area contributed by atoms with E-state index in [2.05, 4.69) is 20.8 Å². The Kier molecular flexibility index (Phi) is 4.21. The number of nitrogens with one attached hydrogen (secondary N) is 3. The minimum Gasteiger partial charge on any atom is -0.478 e. The molecule has 1 heterocycles. The number of rotatable bonds is 3. The zero-order valence-electron chi connectivity index (χ0n) is 12.2. The molecule has 0 saturated carbocycles. The molecule has 24 heavy (non-hydrogen) atoms. The summed E-state index contributed by atoms with van der Waals surface area (Å²) >= 11 is 5.10. The van der Waals surface area contributed by atoms with E-state index in [0.29, 0.717) is 16.5 Å². The fraction of sp³-hybridized carbons (Fsp3) is 0. The molecule has 0 aliphatic rings. The molecule has 0 spiro atoms. The average Bonchev–Trinajstić information content (AvgIpc) is 3.03. The Morgan fingerprint density at radius 1 is 1.12 bits per heavy atom. The standard InChI is InChI=1S/C16H12N4O3S/c21-14(9-4-2-1-3-5-9)19-16(24)18-11-7-6-10-8-17-20-13(10)12(11)15(22)23/h1-8H,(H,17,20)(H,22,23)(H2,18,19,21,24). The van der Waals surface area contributed by atoms with Gasteiger partial charge in [-0.25, -0.2) is 4.79 Å². The smallest absolute Gasteiger partial charge is 0.340 e. The van der Waals surface area contributed by atoms with E-state index in [1.54, 1.807) is 42.5 Å². The van der Waals surface area contributed by atoms with Crippen molar-refractivity contribution in [2.75, 3.05) is 5.32 Å². The van der Waals surface area contributed by atoms with Crippen LogP contribution in [0, 0.1) is 0 Å². The van der Waals surface area contributed by atoms with Crippen LogP contribution in [-0.2, 0) is 0 Å². The number of H-pyrrole nitrogens is 1. The van der Waals surface area contributed by atoms with Crippen LogP contribution in [-0.4, -0.2) is 32.3 Å². The number of amides is 1. The van der Waals surface area contributed by atoms with Crippen molar-refractivity contribution in [1.29, 1.82) is 0 Å². The second-order valence-electron chi connectivity index (χ2n) is 4.90. The van der Waals surface area contributed by atoms with Crippen LogP contribution >= 0.6 is 12.2 Å². The third-order valence-electron chi connectivity index (χ3n) is 3.34. The summed E-state index contributed by atoms with van der Waals surface area (Å²) in [4.78, 5) is 23.6. The van der Waals surface area contributed by atoms with E-state index in [0.717, 1.165) is 0 Å². The number of carboxylic acid groups (broad SMARTS) is 1. The van der Waals surface area contributed by atoms with Gasteiger partial charge in [0.25, 0.3) is 5.91 Å². The van der Waals surface area contributed by atoms with Crippen molar-refractivity contribution in [3.8, 4) is 0 Å². The number of aromatic nitrogens is 2. The van der Waals surface area contributed by atoms with Crippen molar-refractivity contribution < 1.29 is 14.7 Å². The van der Waals surface area contributed by atoms with Gasteiger partial charge in [-0.2, -0.15) is 5.10 Å². The second-order valence-corrected chi connectivity index (χ2v) is 5.31. The summed E-state index contributed by atoms with van der Waals surface area (Å²) in [7, 11) is 0. The molecular formula is C16H12N4O3S. The van der Waals surface area contributed by atoms with Crippen LogP contribution in [0.2, 0.25) is 0 Å². The molecule has 3 aromatic rings. The molecule has 0 aliphatic carbocycles. The van der Waals surface area contributed by atoms with Crippen LogP contribution < -0.4 is 10.6 Å². The Bertz CT molecular complexity index is 937. The normalized spacial score (nSPS) is 10.3. The summed E-state index contributed by atoms with van der Waals surface area (Å²) in [5, 5.41) is 21.8. The fourth-order valence-corrected chi connectivity index (χ4v) is 2.46. The van der Waals surface area contributed by atoms with Crippen LogP contribution in [0.1, 0.15) is 20.7 Å². The van der Waals surface area contributed by atoms with Gasteiger partial charge in [-0.05, 0) is 36.5 Å². The van der Waals surface area contributed by atoms with Gasteiger partial charge in [0, 0.05) is 10.9 Å². The highest BCUT2D eigenvalue weighted by Gasteiger charge is 2.17. The maximum Gasteiger partial charge on any atom is 0.340 e. The van der Waals surface area contributed by atoms with Crippen molar-refractivity contribution in [3.63, 3.8) is 0 Å². The highest BCUT2D eigenvalue weighted by Crippen LogP contribution is 2.24. The molecule has 120 valence electrons. The monoisotopic (exact) mass is 340 g/mol. The van der Waals surface area contributed by atoms with Crippen molar-refractivity contribution in [2.45, 2.75) is 0 Å². The molecule has 7 nitrogen and oxygen atoms in total. The molecule has 1 amide bonds. The molecule has 8 heteroatoms. The molecule has 0 saturated heterocycles. The Morgan fingerprint density at radius 3 is 2.58 bits per heavy atom.